The number of esters is 1. The van der Waals surface area contributed by atoms with Crippen LogP contribution in [0.25, 0.3) is 0 Å². The number of carbonyl (C=O) groups is 2. The zero-order valence-corrected chi connectivity index (χ0v) is 17.9. The van der Waals surface area contributed by atoms with E-state index in [1.54, 1.807) is 24.3 Å². The predicted molar refractivity (Wildman–Crippen MR) is 118 cm³/mol. The van der Waals surface area contributed by atoms with E-state index in [2.05, 4.69) is 20.3 Å². The number of rotatable bonds is 6. The van der Waals surface area contributed by atoms with E-state index in [0.717, 1.165) is 29.0 Å². The van der Waals surface area contributed by atoms with Gasteiger partial charge >= 0.3 is 5.97 Å². The van der Waals surface area contributed by atoms with E-state index in [1.807, 2.05) is 18.2 Å². The molecule has 0 spiro atoms. The van der Waals surface area contributed by atoms with Crippen LogP contribution in [0.3, 0.4) is 0 Å². The second-order valence-electron chi connectivity index (χ2n) is 5.83. The van der Waals surface area contributed by atoms with Crippen LogP contribution in [-0.2, 0) is 20.9 Å². The fraction of sp³-hybridized carbons (Fsp3) is 0.100. The lowest BCUT2D eigenvalue weighted by molar-refractivity contribution is -0.135. The molecule has 0 saturated carbocycles. The first kappa shape index (κ1) is 21.9. The highest BCUT2D eigenvalue weighted by molar-refractivity contribution is 8.18. The third kappa shape index (κ3) is 6.09. The first-order chi connectivity index (χ1) is 14.4. The highest BCUT2D eigenvalue weighted by Gasteiger charge is 2.24. The fourth-order valence-corrected chi connectivity index (χ4v) is 3.44. The molecular weight excluding hydrogens is 449 g/mol. The Kier molecular flexibility index (Phi) is 7.51. The predicted octanol–water partition coefficient (Wildman–Crippen LogP) is 4.18. The van der Waals surface area contributed by atoms with Gasteiger partial charge < -0.3 is 9.47 Å². The van der Waals surface area contributed by atoms with E-state index in [9.17, 15) is 9.59 Å². The van der Waals surface area contributed by atoms with Crippen molar-refractivity contribution in [2.45, 2.75) is 6.61 Å². The van der Waals surface area contributed by atoms with Gasteiger partial charge in [-0.1, -0.05) is 29.3 Å². The molecule has 1 fully saturated rings. The summed E-state index contributed by atoms with van der Waals surface area (Å²) in [5.74, 6) is -0.375. The highest BCUT2D eigenvalue weighted by Crippen LogP contribution is 2.24. The van der Waals surface area contributed by atoms with E-state index in [0.29, 0.717) is 22.4 Å². The quantitative estimate of drug-likeness (QED) is 0.300. The van der Waals surface area contributed by atoms with Gasteiger partial charge in [-0.25, -0.2) is 4.79 Å². The van der Waals surface area contributed by atoms with Crippen LogP contribution in [-0.4, -0.2) is 30.4 Å². The lowest BCUT2D eigenvalue weighted by Crippen LogP contribution is -2.19. The maximum atomic E-state index is 11.7. The molecule has 1 aliphatic rings. The number of nitrogens with zero attached hydrogens (tertiary/aromatic N) is 2. The summed E-state index contributed by atoms with van der Waals surface area (Å²) in [5.41, 5.74) is 1.62. The Balaban J connectivity index is 1.56. The van der Waals surface area contributed by atoms with Gasteiger partial charge in [0.2, 0.25) is 0 Å². The van der Waals surface area contributed by atoms with Gasteiger partial charge in [-0.05, 0) is 53.7 Å². The number of nitrogens with one attached hydrogen (secondary N) is 1. The molecule has 0 radical (unpaired) electrons. The molecule has 1 amide bonds. The molecule has 154 valence electrons. The summed E-state index contributed by atoms with van der Waals surface area (Å²) >= 11 is 13.0. The maximum absolute atomic E-state index is 11.7. The number of hydrogen-bond donors (Lipinski definition) is 1. The number of ether oxygens (including phenoxy) is 2. The van der Waals surface area contributed by atoms with Crippen LogP contribution in [0.5, 0.6) is 5.75 Å². The third-order valence-electron chi connectivity index (χ3n) is 3.75. The lowest BCUT2D eigenvalue weighted by atomic mass is 10.2. The van der Waals surface area contributed by atoms with Gasteiger partial charge in [0.15, 0.2) is 5.17 Å². The third-order valence-corrected chi connectivity index (χ3v) is 5.23. The Morgan fingerprint density at radius 2 is 1.97 bits per heavy atom. The monoisotopic (exact) mass is 463 g/mol. The molecule has 3 rings (SSSR count). The Morgan fingerprint density at radius 1 is 1.20 bits per heavy atom. The largest absolute Gasteiger partial charge is 0.489 e. The zero-order chi connectivity index (χ0) is 21.5. The van der Waals surface area contributed by atoms with Gasteiger partial charge in [-0.3, -0.25) is 10.1 Å². The Morgan fingerprint density at radius 3 is 2.67 bits per heavy atom. The molecule has 1 saturated heterocycles. The number of halogens is 2. The van der Waals surface area contributed by atoms with Crippen molar-refractivity contribution in [3.63, 3.8) is 0 Å². The second kappa shape index (κ2) is 10.3. The van der Waals surface area contributed by atoms with Crippen LogP contribution in [0.4, 0.5) is 0 Å². The highest BCUT2D eigenvalue weighted by atomic mass is 35.5. The SMILES string of the molecule is COC(=O)/C=C1/S/C(=N\N=Cc2ccc(OCc3ccc(Cl)cc3Cl)cc2)NC1=O. The van der Waals surface area contributed by atoms with Crippen LogP contribution in [0.1, 0.15) is 11.1 Å². The number of hydrogen-bond acceptors (Lipinski definition) is 7. The van der Waals surface area contributed by atoms with Crippen molar-refractivity contribution in [2.24, 2.45) is 10.2 Å². The summed E-state index contributed by atoms with van der Waals surface area (Å²) in [7, 11) is 1.24. The average molecular weight is 464 g/mol. The standard InChI is InChI=1S/C20H15Cl2N3O4S/c1-28-18(26)9-17-19(27)24-20(30-17)25-23-10-12-2-6-15(7-3-12)29-11-13-4-5-14(21)8-16(13)22/h2-10H,11H2,1H3,(H,24,25,27)/b17-9+,23-10?. The molecule has 2 aromatic rings. The number of carbonyl (C=O) groups excluding carboxylic acids is 2. The molecule has 7 nitrogen and oxygen atoms in total. The summed E-state index contributed by atoms with van der Waals surface area (Å²) in [6.07, 6.45) is 2.63. The van der Waals surface area contributed by atoms with Gasteiger partial charge in [0.05, 0.1) is 18.2 Å². The van der Waals surface area contributed by atoms with Crippen LogP contribution in [0, 0.1) is 0 Å². The minimum Gasteiger partial charge on any atom is -0.489 e. The number of amides is 1. The van der Waals surface area contributed by atoms with Gasteiger partial charge in [0, 0.05) is 21.7 Å². The summed E-state index contributed by atoms with van der Waals surface area (Å²) in [5, 5.41) is 11.8. The van der Waals surface area contributed by atoms with Crippen LogP contribution >= 0.6 is 35.0 Å². The van der Waals surface area contributed by atoms with Gasteiger partial charge in [0.25, 0.3) is 5.91 Å². The number of benzene rings is 2. The Labute approximate surface area is 186 Å². The molecule has 1 aliphatic heterocycles. The van der Waals surface area contributed by atoms with Crippen molar-refractivity contribution in [1.82, 2.24) is 5.32 Å². The number of methoxy groups -OCH3 is 1. The van der Waals surface area contributed by atoms with Crippen molar-refractivity contribution in [3.8, 4) is 5.75 Å². The van der Waals surface area contributed by atoms with E-state index >= 15 is 0 Å². The number of amidine groups is 1. The molecule has 0 aliphatic carbocycles. The minimum atomic E-state index is -0.613. The molecule has 0 atom stereocenters. The Bertz CT molecular complexity index is 1050. The zero-order valence-electron chi connectivity index (χ0n) is 15.6. The average Bonchev–Trinajstić information content (AvgIpc) is 3.07. The van der Waals surface area contributed by atoms with E-state index < -0.39 is 11.9 Å². The first-order valence-electron chi connectivity index (χ1n) is 8.51. The first-order valence-corrected chi connectivity index (χ1v) is 10.1. The summed E-state index contributed by atoms with van der Waals surface area (Å²) in [6, 6.07) is 12.4. The summed E-state index contributed by atoms with van der Waals surface area (Å²) in [4.78, 5) is 23.2. The summed E-state index contributed by atoms with van der Waals surface area (Å²) < 4.78 is 10.2. The smallest absolute Gasteiger partial charge is 0.331 e. The van der Waals surface area contributed by atoms with Crippen molar-refractivity contribution >= 4 is 58.2 Å². The number of thioether (sulfide) groups is 1. The van der Waals surface area contributed by atoms with E-state index in [1.165, 1.54) is 13.3 Å². The maximum Gasteiger partial charge on any atom is 0.331 e. The molecular formula is C20H15Cl2N3O4S. The topological polar surface area (TPSA) is 89.3 Å². The van der Waals surface area contributed by atoms with Crippen LogP contribution < -0.4 is 10.1 Å². The van der Waals surface area contributed by atoms with Crippen molar-refractivity contribution < 1.29 is 19.1 Å². The molecule has 10 heteroatoms. The second-order valence-corrected chi connectivity index (χ2v) is 7.71. The summed E-state index contributed by atoms with van der Waals surface area (Å²) in [6.45, 7) is 0.315. The lowest BCUT2D eigenvalue weighted by Gasteiger charge is -2.08. The Hall–Kier alpha value is -2.81. The normalized spacial score (nSPS) is 16.3. The fourth-order valence-electron chi connectivity index (χ4n) is 2.24. The van der Waals surface area contributed by atoms with Gasteiger partial charge in [-0.2, -0.15) is 5.10 Å². The van der Waals surface area contributed by atoms with Crippen molar-refractivity contribution in [1.29, 1.82) is 0 Å². The molecule has 1 heterocycles. The van der Waals surface area contributed by atoms with E-state index in [4.69, 9.17) is 27.9 Å². The van der Waals surface area contributed by atoms with Gasteiger partial charge in [0.1, 0.15) is 12.4 Å². The molecule has 2 aromatic carbocycles. The van der Waals surface area contributed by atoms with E-state index in [-0.39, 0.29) is 10.1 Å². The minimum absolute atomic E-state index is 0.193. The molecule has 0 bridgehead atoms. The van der Waals surface area contributed by atoms with Crippen molar-refractivity contribution in [2.75, 3.05) is 7.11 Å². The van der Waals surface area contributed by atoms with Crippen LogP contribution in [0.15, 0.2) is 63.6 Å². The molecule has 30 heavy (non-hydrogen) atoms. The molecule has 0 aromatic heterocycles. The van der Waals surface area contributed by atoms with Gasteiger partial charge in [-0.15, -0.1) is 5.10 Å². The van der Waals surface area contributed by atoms with Crippen LogP contribution in [0.2, 0.25) is 10.0 Å². The molecule has 0 unspecified atom stereocenters. The molecule has 1 N–H and O–H groups in total. The van der Waals surface area contributed by atoms with Crippen molar-refractivity contribution in [3.05, 3.63) is 74.6 Å².